The fraction of sp³-hybridized carbons (Fsp3) is 0.571. The Labute approximate surface area is 101 Å². The van der Waals surface area contributed by atoms with Crippen LogP contribution in [0.5, 0.6) is 11.5 Å². The lowest BCUT2D eigenvalue weighted by Crippen LogP contribution is -2.05. The SMILES string of the molecule is COc1cc2c(cc1C(O)C1CC1)OC(C)C2. The zero-order chi connectivity index (χ0) is 12.0. The molecule has 3 nitrogen and oxygen atoms in total. The van der Waals surface area contributed by atoms with E-state index in [9.17, 15) is 5.11 Å². The molecular formula is C14H18O3. The first-order chi connectivity index (χ1) is 8.19. The molecule has 3 rings (SSSR count). The lowest BCUT2D eigenvalue weighted by atomic mass is 10.0. The monoisotopic (exact) mass is 234 g/mol. The van der Waals surface area contributed by atoms with Crippen LogP contribution in [0.2, 0.25) is 0 Å². The van der Waals surface area contributed by atoms with Gasteiger partial charge in [0.1, 0.15) is 17.6 Å². The van der Waals surface area contributed by atoms with Gasteiger partial charge in [0, 0.05) is 17.5 Å². The van der Waals surface area contributed by atoms with E-state index in [0.717, 1.165) is 36.3 Å². The van der Waals surface area contributed by atoms with Crippen LogP contribution in [0.1, 0.15) is 37.0 Å². The van der Waals surface area contributed by atoms with Gasteiger partial charge in [-0.1, -0.05) is 0 Å². The van der Waals surface area contributed by atoms with Crippen molar-refractivity contribution in [3.63, 3.8) is 0 Å². The number of fused-ring (bicyclic) bond motifs is 1. The van der Waals surface area contributed by atoms with Gasteiger partial charge in [0.05, 0.1) is 13.2 Å². The Hall–Kier alpha value is -1.22. The molecule has 2 unspecified atom stereocenters. The van der Waals surface area contributed by atoms with Crippen LogP contribution in [0.3, 0.4) is 0 Å². The van der Waals surface area contributed by atoms with Gasteiger partial charge < -0.3 is 14.6 Å². The van der Waals surface area contributed by atoms with Crippen LogP contribution in [-0.2, 0) is 6.42 Å². The van der Waals surface area contributed by atoms with Crippen LogP contribution in [0, 0.1) is 5.92 Å². The minimum atomic E-state index is -0.408. The first kappa shape index (κ1) is 10.9. The van der Waals surface area contributed by atoms with Gasteiger partial charge in [0.2, 0.25) is 0 Å². The van der Waals surface area contributed by atoms with Gasteiger partial charge in [0.15, 0.2) is 0 Å². The molecule has 1 fully saturated rings. The summed E-state index contributed by atoms with van der Waals surface area (Å²) in [5, 5.41) is 10.2. The summed E-state index contributed by atoms with van der Waals surface area (Å²) in [6.07, 6.45) is 2.96. The van der Waals surface area contributed by atoms with Crippen LogP contribution in [0.15, 0.2) is 12.1 Å². The Morgan fingerprint density at radius 2 is 2.18 bits per heavy atom. The van der Waals surface area contributed by atoms with E-state index in [2.05, 4.69) is 6.92 Å². The standard InChI is InChI=1S/C14H18O3/c1-8-5-10-6-13(16-2)11(7-12(10)17-8)14(15)9-3-4-9/h6-9,14-15H,3-5H2,1-2H3. The molecule has 2 atom stereocenters. The number of aliphatic hydroxyl groups excluding tert-OH is 1. The van der Waals surface area contributed by atoms with E-state index in [0.29, 0.717) is 5.92 Å². The molecule has 1 aliphatic carbocycles. The van der Waals surface area contributed by atoms with Gasteiger partial charge in [-0.2, -0.15) is 0 Å². The van der Waals surface area contributed by atoms with Gasteiger partial charge >= 0.3 is 0 Å². The van der Waals surface area contributed by atoms with Crippen LogP contribution >= 0.6 is 0 Å². The molecule has 0 saturated heterocycles. The summed E-state index contributed by atoms with van der Waals surface area (Å²) >= 11 is 0. The number of hydrogen-bond acceptors (Lipinski definition) is 3. The van der Waals surface area contributed by atoms with Crippen molar-refractivity contribution < 1.29 is 14.6 Å². The summed E-state index contributed by atoms with van der Waals surface area (Å²) in [7, 11) is 1.66. The summed E-state index contributed by atoms with van der Waals surface area (Å²) in [5.74, 6) is 2.11. The van der Waals surface area contributed by atoms with E-state index in [1.54, 1.807) is 7.11 Å². The largest absolute Gasteiger partial charge is 0.496 e. The van der Waals surface area contributed by atoms with E-state index in [-0.39, 0.29) is 6.10 Å². The van der Waals surface area contributed by atoms with Gasteiger partial charge in [-0.3, -0.25) is 0 Å². The number of methoxy groups -OCH3 is 1. The summed E-state index contributed by atoms with van der Waals surface area (Å²) in [6.45, 7) is 2.06. The van der Waals surface area contributed by atoms with Gasteiger partial charge in [-0.05, 0) is 37.8 Å². The first-order valence-electron chi connectivity index (χ1n) is 6.24. The van der Waals surface area contributed by atoms with Crippen molar-refractivity contribution >= 4 is 0 Å². The van der Waals surface area contributed by atoms with Gasteiger partial charge in [-0.15, -0.1) is 0 Å². The Balaban J connectivity index is 1.99. The molecule has 2 aliphatic rings. The summed E-state index contributed by atoms with van der Waals surface area (Å²) in [5.41, 5.74) is 2.06. The Bertz CT molecular complexity index is 437. The third-order valence-electron chi connectivity index (χ3n) is 3.64. The third-order valence-corrected chi connectivity index (χ3v) is 3.64. The first-order valence-corrected chi connectivity index (χ1v) is 6.24. The lowest BCUT2D eigenvalue weighted by molar-refractivity contribution is 0.149. The number of hydrogen-bond donors (Lipinski definition) is 1. The molecular weight excluding hydrogens is 216 g/mol. The van der Waals surface area contributed by atoms with Crippen molar-refractivity contribution in [3.8, 4) is 11.5 Å². The van der Waals surface area contributed by atoms with E-state index >= 15 is 0 Å². The maximum Gasteiger partial charge on any atom is 0.125 e. The van der Waals surface area contributed by atoms with Crippen molar-refractivity contribution in [2.75, 3.05) is 7.11 Å². The van der Waals surface area contributed by atoms with E-state index in [1.807, 2.05) is 12.1 Å². The highest BCUT2D eigenvalue weighted by atomic mass is 16.5. The molecule has 0 aromatic heterocycles. The quantitative estimate of drug-likeness (QED) is 0.873. The minimum Gasteiger partial charge on any atom is -0.496 e. The smallest absolute Gasteiger partial charge is 0.125 e. The second kappa shape index (κ2) is 3.91. The zero-order valence-corrected chi connectivity index (χ0v) is 10.3. The average molecular weight is 234 g/mol. The van der Waals surface area contributed by atoms with E-state index in [4.69, 9.17) is 9.47 Å². The van der Waals surface area contributed by atoms with Crippen molar-refractivity contribution in [2.45, 2.75) is 38.4 Å². The molecule has 0 spiro atoms. The predicted molar refractivity (Wildman–Crippen MR) is 64.5 cm³/mol. The average Bonchev–Trinajstić information content (AvgIpc) is 3.08. The molecule has 1 aromatic rings. The van der Waals surface area contributed by atoms with Crippen LogP contribution in [0.25, 0.3) is 0 Å². The third kappa shape index (κ3) is 1.89. The second-order valence-electron chi connectivity index (χ2n) is 5.12. The normalized spacial score (nSPS) is 24.1. The number of aliphatic hydroxyl groups is 1. The molecule has 1 heterocycles. The molecule has 0 amide bonds. The van der Waals surface area contributed by atoms with Crippen molar-refractivity contribution in [1.29, 1.82) is 0 Å². The number of rotatable bonds is 3. The van der Waals surface area contributed by atoms with Crippen molar-refractivity contribution in [2.24, 2.45) is 5.92 Å². The van der Waals surface area contributed by atoms with Gasteiger partial charge in [-0.25, -0.2) is 0 Å². The number of benzene rings is 1. The lowest BCUT2D eigenvalue weighted by Gasteiger charge is -2.15. The maximum absolute atomic E-state index is 10.2. The maximum atomic E-state index is 10.2. The van der Waals surface area contributed by atoms with Crippen molar-refractivity contribution in [1.82, 2.24) is 0 Å². The molecule has 1 saturated carbocycles. The Morgan fingerprint density at radius 1 is 1.41 bits per heavy atom. The van der Waals surface area contributed by atoms with Crippen LogP contribution in [-0.4, -0.2) is 18.3 Å². The fourth-order valence-electron chi connectivity index (χ4n) is 2.53. The topological polar surface area (TPSA) is 38.7 Å². The second-order valence-corrected chi connectivity index (χ2v) is 5.12. The highest BCUT2D eigenvalue weighted by Gasteiger charge is 2.34. The van der Waals surface area contributed by atoms with Crippen LogP contribution < -0.4 is 9.47 Å². The molecule has 1 N–H and O–H groups in total. The molecule has 1 aliphatic heterocycles. The summed E-state index contributed by atoms with van der Waals surface area (Å²) in [6, 6.07) is 3.97. The fourth-order valence-corrected chi connectivity index (χ4v) is 2.53. The molecule has 17 heavy (non-hydrogen) atoms. The van der Waals surface area contributed by atoms with Crippen LogP contribution in [0.4, 0.5) is 0 Å². The Morgan fingerprint density at radius 3 is 2.82 bits per heavy atom. The highest BCUT2D eigenvalue weighted by Crippen LogP contribution is 2.46. The zero-order valence-electron chi connectivity index (χ0n) is 10.3. The molecule has 0 radical (unpaired) electrons. The summed E-state index contributed by atoms with van der Waals surface area (Å²) in [4.78, 5) is 0. The summed E-state index contributed by atoms with van der Waals surface area (Å²) < 4.78 is 11.1. The van der Waals surface area contributed by atoms with Gasteiger partial charge in [0.25, 0.3) is 0 Å². The van der Waals surface area contributed by atoms with E-state index < -0.39 is 6.10 Å². The minimum absolute atomic E-state index is 0.225. The molecule has 1 aromatic carbocycles. The highest BCUT2D eigenvalue weighted by molar-refractivity contribution is 5.49. The van der Waals surface area contributed by atoms with Crippen molar-refractivity contribution in [3.05, 3.63) is 23.3 Å². The molecule has 0 bridgehead atoms. The Kier molecular flexibility index (Phi) is 2.51. The van der Waals surface area contributed by atoms with E-state index in [1.165, 1.54) is 5.56 Å². The molecule has 92 valence electrons. The number of ether oxygens (including phenoxy) is 2. The predicted octanol–water partition coefficient (Wildman–Crippen LogP) is 2.46. The molecule has 3 heteroatoms.